The van der Waals surface area contributed by atoms with Gasteiger partial charge in [0.05, 0.1) is 6.61 Å². The van der Waals surface area contributed by atoms with Crippen LogP contribution in [0, 0.1) is 0 Å². The molecule has 1 heterocycles. The maximum atomic E-state index is 12.0. The van der Waals surface area contributed by atoms with E-state index in [0.29, 0.717) is 6.61 Å². The Labute approximate surface area is 138 Å². The number of hydrogen-bond acceptors (Lipinski definition) is 3. The van der Waals surface area contributed by atoms with Crippen molar-refractivity contribution in [1.29, 1.82) is 0 Å². The molecule has 126 valence electrons. The number of ether oxygens (including phenoxy) is 2. The molecule has 0 saturated carbocycles. The number of carbonyl (C=O) groups excluding carboxylic acids is 1. The van der Waals surface area contributed by atoms with Crippen molar-refractivity contribution in [2.24, 2.45) is 0 Å². The van der Waals surface area contributed by atoms with Gasteiger partial charge in [0, 0.05) is 29.7 Å². The van der Waals surface area contributed by atoms with Crippen LogP contribution in [0.5, 0.6) is 11.5 Å². The van der Waals surface area contributed by atoms with Gasteiger partial charge in [-0.15, -0.1) is 0 Å². The first-order chi connectivity index (χ1) is 11.1. The largest absolute Gasteiger partial charge is 0.493 e. The van der Waals surface area contributed by atoms with E-state index >= 15 is 0 Å². The fraction of sp³-hybridized carbons (Fsp3) is 0.526. The standard InChI is InChI=1S/C19H27NO3/c1-5-16(6-2)20-19(21)9-8-14-11-18-15(10-13(4)23-18)12-17(14)22-7-3/h8-9,11-13,16H,5-7,10H2,1-4H3,(H,20,21)/b9-8+. The van der Waals surface area contributed by atoms with E-state index in [-0.39, 0.29) is 18.1 Å². The minimum atomic E-state index is -0.0732. The van der Waals surface area contributed by atoms with Crippen molar-refractivity contribution in [3.05, 3.63) is 29.3 Å². The molecule has 1 aliphatic rings. The third-order valence-electron chi connectivity index (χ3n) is 4.07. The van der Waals surface area contributed by atoms with Crippen LogP contribution < -0.4 is 14.8 Å². The van der Waals surface area contributed by atoms with E-state index in [2.05, 4.69) is 26.1 Å². The highest BCUT2D eigenvalue weighted by atomic mass is 16.5. The van der Waals surface area contributed by atoms with Crippen LogP contribution in [0.4, 0.5) is 0 Å². The van der Waals surface area contributed by atoms with Crippen LogP contribution in [0.1, 0.15) is 51.7 Å². The summed E-state index contributed by atoms with van der Waals surface area (Å²) in [5, 5.41) is 3.00. The molecule has 0 bridgehead atoms. The molecule has 1 aromatic rings. The summed E-state index contributed by atoms with van der Waals surface area (Å²) in [5.74, 6) is 1.62. The van der Waals surface area contributed by atoms with E-state index in [1.165, 1.54) is 5.56 Å². The molecule has 0 spiro atoms. The summed E-state index contributed by atoms with van der Waals surface area (Å²) >= 11 is 0. The molecule has 1 atom stereocenters. The third kappa shape index (κ3) is 4.50. The fourth-order valence-corrected chi connectivity index (χ4v) is 2.77. The van der Waals surface area contributed by atoms with E-state index in [4.69, 9.17) is 9.47 Å². The van der Waals surface area contributed by atoms with Crippen molar-refractivity contribution in [2.75, 3.05) is 6.61 Å². The molecule has 0 fully saturated rings. The van der Waals surface area contributed by atoms with Crippen LogP contribution >= 0.6 is 0 Å². The van der Waals surface area contributed by atoms with Gasteiger partial charge in [-0.2, -0.15) is 0 Å². The number of fused-ring (bicyclic) bond motifs is 1. The smallest absolute Gasteiger partial charge is 0.244 e. The topological polar surface area (TPSA) is 47.6 Å². The molecule has 0 saturated heterocycles. The summed E-state index contributed by atoms with van der Waals surface area (Å²) < 4.78 is 11.5. The quantitative estimate of drug-likeness (QED) is 0.780. The second-order valence-electron chi connectivity index (χ2n) is 5.92. The summed E-state index contributed by atoms with van der Waals surface area (Å²) in [7, 11) is 0. The van der Waals surface area contributed by atoms with Gasteiger partial charge in [-0.1, -0.05) is 13.8 Å². The maximum absolute atomic E-state index is 12.0. The number of amides is 1. The summed E-state index contributed by atoms with van der Waals surface area (Å²) in [6, 6.07) is 4.22. The van der Waals surface area contributed by atoms with Crippen LogP contribution in [0.3, 0.4) is 0 Å². The van der Waals surface area contributed by atoms with Gasteiger partial charge in [0.25, 0.3) is 0 Å². The minimum absolute atomic E-state index is 0.0732. The van der Waals surface area contributed by atoms with Gasteiger partial charge in [-0.3, -0.25) is 4.79 Å². The van der Waals surface area contributed by atoms with Crippen molar-refractivity contribution in [3.8, 4) is 11.5 Å². The van der Waals surface area contributed by atoms with Gasteiger partial charge in [-0.05, 0) is 44.9 Å². The van der Waals surface area contributed by atoms with E-state index < -0.39 is 0 Å². The first-order valence-corrected chi connectivity index (χ1v) is 8.52. The average Bonchev–Trinajstić information content (AvgIpc) is 2.89. The molecule has 1 N–H and O–H groups in total. The van der Waals surface area contributed by atoms with Crippen LogP contribution in [0.15, 0.2) is 18.2 Å². The fourth-order valence-electron chi connectivity index (χ4n) is 2.77. The Morgan fingerprint density at radius 1 is 1.39 bits per heavy atom. The summed E-state index contributed by atoms with van der Waals surface area (Å²) in [5.41, 5.74) is 2.04. The molecule has 2 rings (SSSR count). The first kappa shape index (κ1) is 17.4. The molecule has 4 heteroatoms. The van der Waals surface area contributed by atoms with Gasteiger partial charge in [0.15, 0.2) is 0 Å². The lowest BCUT2D eigenvalue weighted by Gasteiger charge is -2.13. The van der Waals surface area contributed by atoms with Crippen molar-refractivity contribution in [3.63, 3.8) is 0 Å². The van der Waals surface area contributed by atoms with E-state index in [1.807, 2.05) is 19.1 Å². The lowest BCUT2D eigenvalue weighted by atomic mass is 10.1. The van der Waals surface area contributed by atoms with Gasteiger partial charge < -0.3 is 14.8 Å². The molecule has 1 aromatic carbocycles. The summed E-state index contributed by atoms with van der Waals surface area (Å²) in [6.07, 6.45) is 6.33. The van der Waals surface area contributed by atoms with E-state index in [1.54, 1.807) is 12.2 Å². The third-order valence-corrected chi connectivity index (χ3v) is 4.07. The van der Waals surface area contributed by atoms with Gasteiger partial charge >= 0.3 is 0 Å². The molecular weight excluding hydrogens is 290 g/mol. The highest BCUT2D eigenvalue weighted by Crippen LogP contribution is 2.35. The van der Waals surface area contributed by atoms with E-state index in [0.717, 1.165) is 36.3 Å². The Balaban J connectivity index is 2.16. The van der Waals surface area contributed by atoms with E-state index in [9.17, 15) is 4.79 Å². The SMILES string of the molecule is CCOc1cc2c(cc1/C=C/C(=O)NC(CC)CC)OC(C)C2. The zero-order valence-electron chi connectivity index (χ0n) is 14.5. The normalized spacial score (nSPS) is 16.5. The first-order valence-electron chi connectivity index (χ1n) is 8.52. The van der Waals surface area contributed by atoms with Crippen molar-refractivity contribution in [2.45, 2.75) is 59.1 Å². The van der Waals surface area contributed by atoms with Crippen LogP contribution in [0.25, 0.3) is 6.08 Å². The highest BCUT2D eigenvalue weighted by molar-refractivity contribution is 5.92. The van der Waals surface area contributed by atoms with Crippen LogP contribution in [-0.2, 0) is 11.2 Å². The number of rotatable bonds is 7. The second-order valence-corrected chi connectivity index (χ2v) is 5.92. The molecule has 1 unspecified atom stereocenters. The number of benzene rings is 1. The van der Waals surface area contributed by atoms with Crippen LogP contribution in [-0.4, -0.2) is 24.7 Å². The molecule has 0 radical (unpaired) electrons. The molecule has 0 aromatic heterocycles. The van der Waals surface area contributed by atoms with Crippen LogP contribution in [0.2, 0.25) is 0 Å². The average molecular weight is 317 g/mol. The number of carbonyl (C=O) groups is 1. The van der Waals surface area contributed by atoms with Gasteiger partial charge in [0.2, 0.25) is 5.91 Å². The van der Waals surface area contributed by atoms with Gasteiger partial charge in [0.1, 0.15) is 17.6 Å². The highest BCUT2D eigenvalue weighted by Gasteiger charge is 2.21. The zero-order valence-corrected chi connectivity index (χ0v) is 14.5. The van der Waals surface area contributed by atoms with Crippen molar-refractivity contribution >= 4 is 12.0 Å². The molecule has 0 aliphatic carbocycles. The predicted molar refractivity (Wildman–Crippen MR) is 93.0 cm³/mol. The van der Waals surface area contributed by atoms with Gasteiger partial charge in [-0.25, -0.2) is 0 Å². The maximum Gasteiger partial charge on any atom is 0.244 e. The second kappa shape index (κ2) is 8.04. The number of nitrogens with one attached hydrogen (secondary N) is 1. The molecule has 4 nitrogen and oxygen atoms in total. The summed E-state index contributed by atoms with van der Waals surface area (Å²) in [6.45, 7) is 8.75. The monoisotopic (exact) mass is 317 g/mol. The molecule has 1 amide bonds. The summed E-state index contributed by atoms with van der Waals surface area (Å²) in [4.78, 5) is 12.0. The lowest BCUT2D eigenvalue weighted by Crippen LogP contribution is -2.32. The Morgan fingerprint density at radius 3 is 2.78 bits per heavy atom. The Bertz CT molecular complexity index is 576. The molecule has 23 heavy (non-hydrogen) atoms. The van der Waals surface area contributed by atoms with Crippen molar-refractivity contribution in [1.82, 2.24) is 5.32 Å². The van der Waals surface area contributed by atoms with Crippen molar-refractivity contribution < 1.29 is 14.3 Å². The lowest BCUT2D eigenvalue weighted by molar-refractivity contribution is -0.117. The Hall–Kier alpha value is -1.97. The minimum Gasteiger partial charge on any atom is -0.493 e. The number of hydrogen-bond donors (Lipinski definition) is 1. The Kier molecular flexibility index (Phi) is 6.08. The Morgan fingerprint density at radius 2 is 2.13 bits per heavy atom. The molecular formula is C19H27NO3. The molecule has 1 aliphatic heterocycles. The zero-order chi connectivity index (χ0) is 16.8. The predicted octanol–water partition coefficient (Wildman–Crippen LogP) is 3.73.